The lowest BCUT2D eigenvalue weighted by atomic mass is 10.2. The summed E-state index contributed by atoms with van der Waals surface area (Å²) in [5.74, 6) is 0.484. The molecule has 1 aromatic rings. The molecule has 0 bridgehead atoms. The van der Waals surface area contributed by atoms with Gasteiger partial charge < -0.3 is 15.4 Å². The van der Waals surface area contributed by atoms with Crippen molar-refractivity contribution in [2.45, 2.75) is 6.61 Å². The zero-order valence-corrected chi connectivity index (χ0v) is 8.77. The number of rotatable bonds is 2. The molecule has 5 nitrogen and oxygen atoms in total. The summed E-state index contributed by atoms with van der Waals surface area (Å²) in [6, 6.07) is 9.50. The van der Waals surface area contributed by atoms with Gasteiger partial charge in [-0.1, -0.05) is 30.3 Å². The van der Waals surface area contributed by atoms with E-state index >= 15 is 0 Å². The van der Waals surface area contributed by atoms with Crippen LogP contribution in [-0.2, 0) is 11.3 Å². The third-order valence-corrected chi connectivity index (χ3v) is 2.12. The van der Waals surface area contributed by atoms with Crippen molar-refractivity contribution in [2.75, 3.05) is 13.1 Å². The molecule has 1 aromatic carbocycles. The molecule has 2 N–H and O–H groups in total. The van der Waals surface area contributed by atoms with Crippen LogP contribution in [0.5, 0.6) is 0 Å². The molecule has 0 radical (unpaired) electrons. The second kappa shape index (κ2) is 5.16. The number of nitrogens with zero attached hydrogens (tertiary/aromatic N) is 1. The first-order valence-electron chi connectivity index (χ1n) is 5.12. The highest BCUT2D eigenvalue weighted by Gasteiger charge is 2.08. The first-order valence-corrected chi connectivity index (χ1v) is 5.12. The summed E-state index contributed by atoms with van der Waals surface area (Å²) in [4.78, 5) is 15.0. The molecule has 1 aliphatic heterocycles. The number of hydrogen-bond acceptors (Lipinski definition) is 2. The van der Waals surface area contributed by atoms with Gasteiger partial charge in [0.15, 0.2) is 0 Å². The maximum Gasteiger partial charge on any atom is 0.437 e. The first kappa shape index (κ1) is 10.5. The van der Waals surface area contributed by atoms with Gasteiger partial charge in [-0.3, -0.25) is 0 Å². The molecule has 1 fully saturated rings. The predicted molar refractivity (Wildman–Crippen MR) is 60.1 cm³/mol. The van der Waals surface area contributed by atoms with Gasteiger partial charge in [-0.15, -0.1) is 4.99 Å². The minimum absolute atomic E-state index is 0.246. The highest BCUT2D eigenvalue weighted by atomic mass is 16.5. The largest absolute Gasteiger partial charge is 0.443 e. The van der Waals surface area contributed by atoms with Crippen LogP contribution in [0.4, 0.5) is 4.79 Å². The van der Waals surface area contributed by atoms with E-state index < -0.39 is 6.09 Å². The standard InChI is InChI=1S/C11H13N3O2/c15-11(14-10-12-6-7-13-10)16-8-9-4-2-1-3-5-9/h1-5H,6-8H2,(H2,12,13,14,15). The van der Waals surface area contributed by atoms with Gasteiger partial charge in [0, 0.05) is 13.1 Å². The summed E-state index contributed by atoms with van der Waals surface area (Å²) in [7, 11) is 0. The Balaban J connectivity index is 1.82. The van der Waals surface area contributed by atoms with Crippen molar-refractivity contribution in [3.05, 3.63) is 35.9 Å². The van der Waals surface area contributed by atoms with Gasteiger partial charge >= 0.3 is 6.09 Å². The second-order valence-corrected chi connectivity index (χ2v) is 3.35. The van der Waals surface area contributed by atoms with E-state index in [0.717, 1.165) is 18.7 Å². The summed E-state index contributed by atoms with van der Waals surface area (Å²) in [5.41, 5.74) is 0.948. The molecule has 0 unspecified atom stereocenters. The molecular formula is C11H13N3O2. The molecule has 1 saturated heterocycles. The Labute approximate surface area is 93.5 Å². The lowest BCUT2D eigenvalue weighted by Crippen LogP contribution is -2.25. The van der Waals surface area contributed by atoms with Crippen molar-refractivity contribution in [1.82, 2.24) is 10.6 Å². The average molecular weight is 219 g/mol. The van der Waals surface area contributed by atoms with E-state index in [-0.39, 0.29) is 6.61 Å². The SMILES string of the molecule is O=C(N=C1NCCN1)OCc1ccccc1. The third kappa shape index (κ3) is 2.98. The molecule has 0 spiro atoms. The number of carbonyl (C=O) groups excluding carboxylic acids is 1. The number of carbonyl (C=O) groups is 1. The van der Waals surface area contributed by atoms with Gasteiger partial charge in [0.25, 0.3) is 0 Å². The number of nitrogens with one attached hydrogen (secondary N) is 2. The summed E-state index contributed by atoms with van der Waals surface area (Å²) in [6.45, 7) is 1.81. The molecule has 0 aromatic heterocycles. The fraction of sp³-hybridized carbons (Fsp3) is 0.273. The van der Waals surface area contributed by atoms with Gasteiger partial charge in [-0.2, -0.15) is 0 Å². The third-order valence-electron chi connectivity index (χ3n) is 2.12. The normalized spacial score (nSPS) is 13.9. The fourth-order valence-electron chi connectivity index (χ4n) is 1.35. The molecule has 0 aliphatic carbocycles. The molecule has 2 rings (SSSR count). The molecule has 1 amide bonds. The molecule has 1 aliphatic rings. The van der Waals surface area contributed by atoms with Crippen molar-refractivity contribution < 1.29 is 9.53 Å². The topological polar surface area (TPSA) is 62.7 Å². The molecule has 5 heteroatoms. The highest BCUT2D eigenvalue weighted by molar-refractivity contribution is 5.91. The smallest absolute Gasteiger partial charge is 0.437 e. The molecule has 16 heavy (non-hydrogen) atoms. The molecule has 84 valence electrons. The van der Waals surface area contributed by atoms with Crippen LogP contribution in [0, 0.1) is 0 Å². The van der Waals surface area contributed by atoms with Crippen LogP contribution < -0.4 is 10.6 Å². The van der Waals surface area contributed by atoms with Crippen LogP contribution in [0.25, 0.3) is 0 Å². The number of guanidine groups is 1. The Bertz CT molecular complexity index is 381. The Morgan fingerprint density at radius 1 is 1.25 bits per heavy atom. The number of amides is 1. The van der Waals surface area contributed by atoms with Gasteiger partial charge in [0.05, 0.1) is 0 Å². The lowest BCUT2D eigenvalue weighted by molar-refractivity contribution is 0.150. The highest BCUT2D eigenvalue weighted by Crippen LogP contribution is 2.01. The Hall–Kier alpha value is -2.04. The molecular weight excluding hydrogens is 206 g/mol. The number of benzene rings is 1. The monoisotopic (exact) mass is 219 g/mol. The van der Waals surface area contributed by atoms with Crippen molar-refractivity contribution in [1.29, 1.82) is 0 Å². The number of hydrogen-bond donors (Lipinski definition) is 2. The minimum Gasteiger partial charge on any atom is -0.443 e. The summed E-state index contributed by atoms with van der Waals surface area (Å²) in [6.07, 6.45) is -0.583. The van der Waals surface area contributed by atoms with Crippen LogP contribution in [-0.4, -0.2) is 25.1 Å². The summed E-state index contributed by atoms with van der Waals surface area (Å²) >= 11 is 0. The van der Waals surface area contributed by atoms with E-state index in [1.165, 1.54) is 0 Å². The molecule has 0 atom stereocenters. The van der Waals surface area contributed by atoms with Crippen molar-refractivity contribution in [3.63, 3.8) is 0 Å². The van der Waals surface area contributed by atoms with Crippen LogP contribution in [0.3, 0.4) is 0 Å². The minimum atomic E-state index is -0.583. The maximum atomic E-state index is 11.3. The van der Waals surface area contributed by atoms with Gasteiger partial charge in [0.2, 0.25) is 5.96 Å². The molecule has 0 saturated carbocycles. The number of ether oxygens (including phenoxy) is 1. The molecule has 1 heterocycles. The van der Waals surface area contributed by atoms with E-state index in [2.05, 4.69) is 15.6 Å². The first-order chi connectivity index (χ1) is 7.84. The fourth-order valence-corrected chi connectivity index (χ4v) is 1.35. The van der Waals surface area contributed by atoms with Gasteiger partial charge in [0.1, 0.15) is 6.61 Å². The van der Waals surface area contributed by atoms with E-state index in [0.29, 0.717) is 5.96 Å². The van der Waals surface area contributed by atoms with Crippen LogP contribution in [0.2, 0.25) is 0 Å². The average Bonchev–Trinajstić information content (AvgIpc) is 2.81. The summed E-state index contributed by atoms with van der Waals surface area (Å²) < 4.78 is 4.98. The van der Waals surface area contributed by atoms with Crippen molar-refractivity contribution in [3.8, 4) is 0 Å². The van der Waals surface area contributed by atoms with Gasteiger partial charge in [-0.05, 0) is 5.56 Å². The van der Waals surface area contributed by atoms with Crippen LogP contribution in [0.15, 0.2) is 35.3 Å². The zero-order chi connectivity index (χ0) is 11.2. The number of aliphatic imine (C=N–C) groups is 1. The van der Waals surface area contributed by atoms with E-state index in [1.807, 2.05) is 30.3 Å². The van der Waals surface area contributed by atoms with E-state index in [1.54, 1.807) is 0 Å². The quantitative estimate of drug-likeness (QED) is 0.774. The van der Waals surface area contributed by atoms with E-state index in [4.69, 9.17) is 4.74 Å². The predicted octanol–water partition coefficient (Wildman–Crippen LogP) is 0.872. The van der Waals surface area contributed by atoms with Crippen molar-refractivity contribution in [2.24, 2.45) is 4.99 Å². The van der Waals surface area contributed by atoms with Crippen LogP contribution >= 0.6 is 0 Å². The Morgan fingerprint density at radius 3 is 2.62 bits per heavy atom. The Morgan fingerprint density at radius 2 is 1.94 bits per heavy atom. The van der Waals surface area contributed by atoms with Crippen LogP contribution in [0.1, 0.15) is 5.56 Å². The van der Waals surface area contributed by atoms with Crippen molar-refractivity contribution >= 4 is 12.1 Å². The van der Waals surface area contributed by atoms with Gasteiger partial charge in [-0.25, -0.2) is 4.79 Å². The van der Waals surface area contributed by atoms with E-state index in [9.17, 15) is 4.79 Å². The lowest BCUT2D eigenvalue weighted by Gasteiger charge is -2.02. The second-order valence-electron chi connectivity index (χ2n) is 3.35. The Kier molecular flexibility index (Phi) is 3.38. The maximum absolute atomic E-state index is 11.3. The zero-order valence-electron chi connectivity index (χ0n) is 8.77. The summed E-state index contributed by atoms with van der Waals surface area (Å²) in [5, 5.41) is 5.85.